The molecule has 0 saturated carbocycles. The van der Waals surface area contributed by atoms with E-state index in [0.717, 1.165) is 43.3 Å². The quantitative estimate of drug-likeness (QED) is 0.368. The molecule has 0 unspecified atom stereocenters. The molecule has 6 aromatic rings. The molecule has 2 aromatic carbocycles. The summed E-state index contributed by atoms with van der Waals surface area (Å²) in [5.41, 5.74) is 4.74. The Labute approximate surface area is 193 Å². The average Bonchev–Trinajstić information content (AvgIpc) is 3.51. The lowest BCUT2D eigenvalue weighted by molar-refractivity contribution is 0.276. The Morgan fingerprint density at radius 3 is 2.55 bits per heavy atom. The molecule has 9 heteroatoms. The molecule has 0 aliphatic carbocycles. The minimum absolute atomic E-state index is 0.222. The number of fused-ring (bicyclic) bond motifs is 4. The van der Waals surface area contributed by atoms with Gasteiger partial charge in [0, 0.05) is 5.69 Å². The second-order valence-electron chi connectivity index (χ2n) is 7.69. The van der Waals surface area contributed by atoms with E-state index in [1.54, 1.807) is 29.3 Å². The van der Waals surface area contributed by atoms with Crippen LogP contribution in [0.1, 0.15) is 17.1 Å². The zero-order valence-electron chi connectivity index (χ0n) is 18.3. The molecule has 0 atom stereocenters. The highest BCUT2D eigenvalue weighted by atomic mass is 32.1. The van der Waals surface area contributed by atoms with E-state index in [1.807, 2.05) is 42.5 Å². The summed E-state index contributed by atoms with van der Waals surface area (Å²) < 4.78 is 16.2. The molecule has 0 fully saturated rings. The number of para-hydroxylation sites is 3. The van der Waals surface area contributed by atoms with Crippen LogP contribution >= 0.6 is 11.3 Å². The van der Waals surface area contributed by atoms with E-state index in [2.05, 4.69) is 29.6 Å². The molecule has 0 N–H and O–H groups in total. The van der Waals surface area contributed by atoms with E-state index < -0.39 is 0 Å². The van der Waals surface area contributed by atoms with Crippen LogP contribution in [0.2, 0.25) is 0 Å². The van der Waals surface area contributed by atoms with Crippen LogP contribution in [0.15, 0.2) is 54.9 Å². The second kappa shape index (κ2) is 7.56. The predicted octanol–water partition coefficient (Wildman–Crippen LogP) is 4.88. The molecular formula is C24H20N6O2S. The molecule has 33 heavy (non-hydrogen) atoms. The minimum atomic E-state index is 0.222. The number of nitrogens with zero attached hydrogens (tertiary/aromatic N) is 6. The van der Waals surface area contributed by atoms with Gasteiger partial charge in [0.1, 0.15) is 12.9 Å². The Kier molecular flexibility index (Phi) is 4.51. The van der Waals surface area contributed by atoms with Crippen molar-refractivity contribution in [3.8, 4) is 16.6 Å². The molecule has 0 spiro atoms. The van der Waals surface area contributed by atoms with E-state index in [9.17, 15) is 0 Å². The molecule has 4 aromatic heterocycles. The molecule has 0 radical (unpaired) electrons. The Hall–Kier alpha value is -3.98. The third kappa shape index (κ3) is 3.12. The van der Waals surface area contributed by atoms with Crippen molar-refractivity contribution in [3.05, 3.63) is 71.9 Å². The Morgan fingerprint density at radius 2 is 1.73 bits per heavy atom. The first-order chi connectivity index (χ1) is 16.1. The van der Waals surface area contributed by atoms with Crippen molar-refractivity contribution in [3.63, 3.8) is 0 Å². The molecule has 0 amide bonds. The highest BCUT2D eigenvalue weighted by Gasteiger charge is 2.21. The number of methoxy groups -OCH3 is 1. The minimum Gasteiger partial charge on any atom is -0.493 e. The van der Waals surface area contributed by atoms with Gasteiger partial charge in [0.05, 0.1) is 22.7 Å². The SMILES string of the molecule is COc1ccccc1OCc1nc2c3c(C)c(C)n(-c4nc5ccccc5s4)c3ncn2n1. The topological polar surface area (TPSA) is 79.4 Å². The Balaban J connectivity index is 1.44. The monoisotopic (exact) mass is 456 g/mol. The molecule has 0 aliphatic heterocycles. The van der Waals surface area contributed by atoms with Crippen LogP contribution in [0.25, 0.3) is 32.0 Å². The zero-order valence-corrected chi connectivity index (χ0v) is 19.1. The third-order valence-electron chi connectivity index (χ3n) is 5.78. The first kappa shape index (κ1) is 19.7. The fraction of sp³-hybridized carbons (Fsp3) is 0.167. The number of hydrogen-bond acceptors (Lipinski definition) is 7. The fourth-order valence-electron chi connectivity index (χ4n) is 4.04. The first-order valence-electron chi connectivity index (χ1n) is 10.5. The maximum absolute atomic E-state index is 5.92. The Bertz CT molecular complexity index is 1610. The van der Waals surface area contributed by atoms with E-state index in [-0.39, 0.29) is 6.61 Å². The summed E-state index contributed by atoms with van der Waals surface area (Å²) in [5.74, 6) is 1.89. The number of ether oxygens (including phenoxy) is 2. The standard InChI is InChI=1S/C24H20N6O2S/c1-14-15(2)30(24-26-16-8-4-7-11-19(16)33-24)22-21(14)23-27-20(28-29(23)13-25-22)12-32-18-10-6-5-9-17(18)31-3/h4-11,13H,12H2,1-3H3. The molecule has 8 nitrogen and oxygen atoms in total. The Morgan fingerprint density at radius 1 is 0.939 bits per heavy atom. The number of benzene rings is 2. The third-order valence-corrected chi connectivity index (χ3v) is 6.80. The van der Waals surface area contributed by atoms with Gasteiger partial charge < -0.3 is 9.47 Å². The molecule has 0 aliphatic rings. The van der Waals surface area contributed by atoms with Gasteiger partial charge in [0.15, 0.2) is 33.7 Å². The van der Waals surface area contributed by atoms with Gasteiger partial charge in [-0.25, -0.2) is 19.5 Å². The lowest BCUT2D eigenvalue weighted by Gasteiger charge is -2.08. The summed E-state index contributed by atoms with van der Waals surface area (Å²) in [4.78, 5) is 14.3. The van der Waals surface area contributed by atoms with E-state index in [4.69, 9.17) is 24.4 Å². The largest absolute Gasteiger partial charge is 0.493 e. The van der Waals surface area contributed by atoms with Gasteiger partial charge in [-0.15, -0.1) is 5.10 Å². The predicted molar refractivity (Wildman–Crippen MR) is 128 cm³/mol. The highest BCUT2D eigenvalue weighted by molar-refractivity contribution is 7.20. The zero-order chi connectivity index (χ0) is 22.5. The van der Waals surface area contributed by atoms with Gasteiger partial charge in [-0.2, -0.15) is 0 Å². The summed E-state index contributed by atoms with van der Waals surface area (Å²) in [5, 5.41) is 6.43. The van der Waals surface area contributed by atoms with Crippen LogP contribution in [0, 0.1) is 13.8 Å². The first-order valence-corrected chi connectivity index (χ1v) is 11.3. The smallest absolute Gasteiger partial charge is 0.196 e. The molecule has 0 bridgehead atoms. The van der Waals surface area contributed by atoms with Crippen molar-refractivity contribution >= 4 is 38.2 Å². The summed E-state index contributed by atoms with van der Waals surface area (Å²) in [6.07, 6.45) is 1.69. The van der Waals surface area contributed by atoms with Crippen molar-refractivity contribution in [1.82, 2.24) is 29.1 Å². The molecule has 0 saturated heterocycles. The van der Waals surface area contributed by atoms with Crippen LogP contribution < -0.4 is 9.47 Å². The highest BCUT2D eigenvalue weighted by Crippen LogP contribution is 2.33. The van der Waals surface area contributed by atoms with Crippen molar-refractivity contribution in [2.45, 2.75) is 20.5 Å². The van der Waals surface area contributed by atoms with Crippen molar-refractivity contribution in [1.29, 1.82) is 0 Å². The van der Waals surface area contributed by atoms with E-state index in [0.29, 0.717) is 17.3 Å². The van der Waals surface area contributed by atoms with Crippen LogP contribution in [0.4, 0.5) is 0 Å². The van der Waals surface area contributed by atoms with Gasteiger partial charge in [-0.05, 0) is 43.7 Å². The molecule has 164 valence electrons. The number of rotatable bonds is 5. The van der Waals surface area contributed by atoms with Crippen LogP contribution in [0.5, 0.6) is 11.5 Å². The average molecular weight is 457 g/mol. The summed E-state index contributed by atoms with van der Waals surface area (Å²) >= 11 is 1.65. The van der Waals surface area contributed by atoms with Crippen molar-refractivity contribution in [2.75, 3.05) is 7.11 Å². The van der Waals surface area contributed by atoms with E-state index >= 15 is 0 Å². The summed E-state index contributed by atoms with van der Waals surface area (Å²) in [6, 6.07) is 15.7. The van der Waals surface area contributed by atoms with Gasteiger partial charge in [0.2, 0.25) is 0 Å². The van der Waals surface area contributed by atoms with Gasteiger partial charge in [0.25, 0.3) is 0 Å². The maximum atomic E-state index is 5.92. The second-order valence-corrected chi connectivity index (χ2v) is 8.70. The molecule has 4 heterocycles. The van der Waals surface area contributed by atoms with Crippen molar-refractivity contribution < 1.29 is 9.47 Å². The van der Waals surface area contributed by atoms with Crippen LogP contribution in [-0.2, 0) is 6.61 Å². The number of thiazole rings is 1. The van der Waals surface area contributed by atoms with Gasteiger partial charge in [-0.3, -0.25) is 4.57 Å². The number of aromatic nitrogens is 6. The number of hydrogen-bond donors (Lipinski definition) is 0. The number of aryl methyl sites for hydroxylation is 1. The normalized spacial score (nSPS) is 11.6. The fourth-order valence-corrected chi connectivity index (χ4v) is 5.06. The maximum Gasteiger partial charge on any atom is 0.196 e. The van der Waals surface area contributed by atoms with Crippen molar-refractivity contribution in [2.24, 2.45) is 0 Å². The van der Waals surface area contributed by atoms with Gasteiger partial charge >= 0.3 is 0 Å². The lowest BCUT2D eigenvalue weighted by atomic mass is 10.2. The lowest BCUT2D eigenvalue weighted by Crippen LogP contribution is -2.00. The van der Waals surface area contributed by atoms with Crippen LogP contribution in [0.3, 0.4) is 0 Å². The summed E-state index contributed by atoms with van der Waals surface area (Å²) in [7, 11) is 1.62. The van der Waals surface area contributed by atoms with E-state index in [1.165, 1.54) is 0 Å². The summed E-state index contributed by atoms with van der Waals surface area (Å²) in [6.45, 7) is 4.39. The van der Waals surface area contributed by atoms with Crippen LogP contribution in [-0.4, -0.2) is 36.2 Å². The molecule has 6 rings (SSSR count). The molecular weight excluding hydrogens is 436 g/mol. The van der Waals surface area contributed by atoms with Gasteiger partial charge in [-0.1, -0.05) is 35.6 Å².